The normalized spacial score (nSPS) is 46.5. The minimum atomic E-state index is -0.574. The molecule has 6 rings (SSSR count). The lowest BCUT2D eigenvalue weighted by Gasteiger charge is -2.71. The van der Waals surface area contributed by atoms with Crippen molar-refractivity contribution in [1.82, 2.24) is 0 Å². The minimum Gasteiger partial charge on any atom is -0.460 e. The van der Waals surface area contributed by atoms with E-state index in [1.165, 1.54) is 0 Å². The van der Waals surface area contributed by atoms with Crippen LogP contribution in [-0.4, -0.2) is 17.5 Å². The number of Topliss-reactive ketones (excluding diaryl/α,β-unsaturated/α-hetero) is 1. The first kappa shape index (κ1) is 28.9. The number of carbonyl (C=O) groups is 3. The summed E-state index contributed by atoms with van der Waals surface area (Å²) in [6, 6.07) is 9.90. The molecule has 0 bridgehead atoms. The zero-order valence-electron chi connectivity index (χ0n) is 26.3. The quantitative estimate of drug-likeness (QED) is 0.351. The molecule has 4 nitrogen and oxygen atoms in total. The summed E-state index contributed by atoms with van der Waals surface area (Å²) < 4.78 is 5.92. The van der Waals surface area contributed by atoms with Gasteiger partial charge in [0.2, 0.25) is 0 Å². The van der Waals surface area contributed by atoms with Gasteiger partial charge in [-0.05, 0) is 103 Å². The second-order valence-corrected chi connectivity index (χ2v) is 16.5. The van der Waals surface area contributed by atoms with Crippen LogP contribution in [0.5, 0.6) is 0 Å². The summed E-state index contributed by atoms with van der Waals surface area (Å²) >= 11 is 0. The molecule has 5 aliphatic carbocycles. The van der Waals surface area contributed by atoms with Crippen LogP contribution in [0.1, 0.15) is 105 Å². The summed E-state index contributed by atoms with van der Waals surface area (Å²) in [6.07, 6.45) is 11.4. The molecule has 1 aromatic carbocycles. The van der Waals surface area contributed by atoms with Crippen molar-refractivity contribution in [2.75, 3.05) is 0 Å². The first-order valence-electron chi connectivity index (χ1n) is 16.1. The van der Waals surface area contributed by atoms with E-state index in [-0.39, 0.29) is 57.1 Å². The van der Waals surface area contributed by atoms with Crippen LogP contribution in [0.2, 0.25) is 0 Å². The molecule has 0 saturated heterocycles. The van der Waals surface area contributed by atoms with Crippen molar-refractivity contribution in [3.8, 4) is 0 Å². The molecule has 9 atom stereocenters. The Kier molecular flexibility index (Phi) is 6.43. The van der Waals surface area contributed by atoms with Gasteiger partial charge in [0, 0.05) is 17.8 Å². The molecule has 4 heteroatoms. The van der Waals surface area contributed by atoms with Crippen molar-refractivity contribution >= 4 is 17.5 Å². The SMILES string of the molecule is CC1(C)C(=O)C=C[C@@]2(C)C1CC[C@]1(C)[C@@H]2CC(=O)[C@@H]2[C@@H]3C[C@@](C)(C(=O)OCc4ccccc4)CC[C@]3(C)CC[C@]21C. The fourth-order valence-corrected chi connectivity index (χ4v) is 11.2. The van der Waals surface area contributed by atoms with E-state index in [4.69, 9.17) is 4.74 Å². The van der Waals surface area contributed by atoms with Crippen molar-refractivity contribution in [2.45, 2.75) is 106 Å². The molecule has 0 radical (unpaired) electrons. The molecule has 4 fully saturated rings. The average molecular weight is 559 g/mol. The summed E-state index contributed by atoms with van der Waals surface area (Å²) in [4.78, 5) is 41.1. The molecule has 0 aliphatic heterocycles. The fourth-order valence-electron chi connectivity index (χ4n) is 11.2. The summed E-state index contributed by atoms with van der Waals surface area (Å²) in [7, 11) is 0. The zero-order chi connectivity index (χ0) is 29.6. The summed E-state index contributed by atoms with van der Waals surface area (Å²) in [6.45, 7) is 16.3. The van der Waals surface area contributed by atoms with Gasteiger partial charge < -0.3 is 4.74 Å². The van der Waals surface area contributed by atoms with Gasteiger partial charge in [-0.25, -0.2) is 0 Å². The maximum absolute atomic E-state index is 14.6. The van der Waals surface area contributed by atoms with Gasteiger partial charge in [-0.15, -0.1) is 0 Å². The number of rotatable bonds is 3. The Morgan fingerprint density at radius 1 is 0.854 bits per heavy atom. The maximum atomic E-state index is 14.6. The van der Waals surface area contributed by atoms with E-state index in [0.29, 0.717) is 18.8 Å². The molecule has 41 heavy (non-hydrogen) atoms. The van der Waals surface area contributed by atoms with Gasteiger partial charge in [-0.3, -0.25) is 14.4 Å². The Morgan fingerprint density at radius 3 is 2.24 bits per heavy atom. The van der Waals surface area contributed by atoms with Crippen LogP contribution in [0.25, 0.3) is 0 Å². The summed E-state index contributed by atoms with van der Waals surface area (Å²) in [5, 5.41) is 0. The van der Waals surface area contributed by atoms with Crippen molar-refractivity contribution in [3.63, 3.8) is 0 Å². The lowest BCUT2D eigenvalue weighted by atomic mass is 9.32. The molecule has 0 amide bonds. The Hall–Kier alpha value is -2.23. The van der Waals surface area contributed by atoms with E-state index >= 15 is 0 Å². The highest BCUT2D eigenvalue weighted by atomic mass is 16.5. The third-order valence-corrected chi connectivity index (χ3v) is 14.2. The minimum absolute atomic E-state index is 0.000626. The van der Waals surface area contributed by atoms with Crippen LogP contribution in [0, 0.1) is 56.2 Å². The predicted molar refractivity (Wildman–Crippen MR) is 161 cm³/mol. The summed E-state index contributed by atoms with van der Waals surface area (Å²) in [5.41, 5.74) is -0.198. The molecule has 0 spiro atoms. The Labute approximate surface area is 247 Å². The molecule has 0 aromatic heterocycles. The molecular formula is C37H50O4. The van der Waals surface area contributed by atoms with E-state index in [1.54, 1.807) is 0 Å². The van der Waals surface area contributed by atoms with Gasteiger partial charge in [0.1, 0.15) is 12.4 Å². The predicted octanol–water partition coefficient (Wildman–Crippen LogP) is 8.14. The highest BCUT2D eigenvalue weighted by molar-refractivity contribution is 5.96. The van der Waals surface area contributed by atoms with Gasteiger partial charge in [0.05, 0.1) is 5.41 Å². The van der Waals surface area contributed by atoms with Gasteiger partial charge >= 0.3 is 5.97 Å². The van der Waals surface area contributed by atoms with E-state index in [9.17, 15) is 14.4 Å². The van der Waals surface area contributed by atoms with E-state index in [1.807, 2.05) is 36.4 Å². The van der Waals surface area contributed by atoms with Gasteiger partial charge in [0.15, 0.2) is 5.78 Å². The molecule has 4 saturated carbocycles. The monoisotopic (exact) mass is 558 g/mol. The molecule has 222 valence electrons. The molecule has 0 N–H and O–H groups in total. The number of fused-ring (bicyclic) bond motifs is 7. The number of ketones is 2. The molecule has 5 aliphatic rings. The Bertz CT molecular complexity index is 1300. The van der Waals surface area contributed by atoms with Crippen LogP contribution in [0.4, 0.5) is 0 Å². The first-order chi connectivity index (χ1) is 19.1. The lowest BCUT2D eigenvalue weighted by Crippen LogP contribution is -2.68. The van der Waals surface area contributed by atoms with Crippen LogP contribution in [0.15, 0.2) is 42.5 Å². The number of benzene rings is 1. The number of hydrogen-bond acceptors (Lipinski definition) is 4. The number of carbonyl (C=O) groups excluding carboxylic acids is 3. The van der Waals surface area contributed by atoms with Gasteiger partial charge in [0.25, 0.3) is 0 Å². The van der Waals surface area contributed by atoms with Crippen LogP contribution in [-0.2, 0) is 25.7 Å². The number of allylic oxidation sites excluding steroid dienone is 2. The van der Waals surface area contributed by atoms with E-state index in [0.717, 1.165) is 50.5 Å². The number of ether oxygens (including phenoxy) is 1. The number of hydrogen-bond donors (Lipinski definition) is 0. The largest absolute Gasteiger partial charge is 0.460 e. The second kappa shape index (κ2) is 9.13. The average Bonchev–Trinajstić information content (AvgIpc) is 2.92. The van der Waals surface area contributed by atoms with E-state index < -0.39 is 10.8 Å². The van der Waals surface area contributed by atoms with Crippen molar-refractivity contribution in [3.05, 3.63) is 48.0 Å². The third-order valence-electron chi connectivity index (χ3n) is 14.2. The van der Waals surface area contributed by atoms with Gasteiger partial charge in [-0.1, -0.05) is 78.0 Å². The Balaban J connectivity index is 1.32. The highest BCUT2D eigenvalue weighted by Gasteiger charge is 2.71. The lowest BCUT2D eigenvalue weighted by molar-refractivity contribution is -0.222. The highest BCUT2D eigenvalue weighted by Crippen LogP contribution is 2.75. The van der Waals surface area contributed by atoms with E-state index in [2.05, 4.69) is 54.5 Å². The van der Waals surface area contributed by atoms with Crippen LogP contribution in [0.3, 0.4) is 0 Å². The topological polar surface area (TPSA) is 60.4 Å². The van der Waals surface area contributed by atoms with Gasteiger partial charge in [-0.2, -0.15) is 0 Å². The molecule has 0 heterocycles. The molecule has 1 unspecified atom stereocenters. The van der Waals surface area contributed by atoms with Crippen LogP contribution >= 0.6 is 0 Å². The first-order valence-corrected chi connectivity index (χ1v) is 16.1. The number of esters is 1. The Morgan fingerprint density at radius 2 is 1.54 bits per heavy atom. The van der Waals surface area contributed by atoms with Crippen molar-refractivity contribution in [2.24, 2.45) is 56.2 Å². The second-order valence-electron chi connectivity index (χ2n) is 16.5. The summed E-state index contributed by atoms with van der Waals surface area (Å²) in [5.74, 6) is 1.13. The standard InChI is InChI=1S/C37H50O4/c1-32(2)27-13-16-36(6)28(35(27,5)15-14-29(32)39)21-26(38)30-25-22-34(4,18-17-33(25,3)19-20-37(30,36)7)31(40)41-23-24-11-9-8-10-12-24/h8-12,14-15,25,27-28,30H,13,16-23H2,1-7H3/t25-,27?,28+,30-,33+,34-,35-,36+,37+/m0/s1. The van der Waals surface area contributed by atoms with Crippen molar-refractivity contribution < 1.29 is 19.1 Å². The maximum Gasteiger partial charge on any atom is 0.312 e. The smallest absolute Gasteiger partial charge is 0.312 e. The van der Waals surface area contributed by atoms with Crippen molar-refractivity contribution in [1.29, 1.82) is 0 Å². The zero-order valence-corrected chi connectivity index (χ0v) is 26.3. The molecule has 1 aromatic rings. The molecular weight excluding hydrogens is 508 g/mol. The third kappa shape index (κ3) is 3.94. The van der Waals surface area contributed by atoms with Crippen LogP contribution < -0.4 is 0 Å². The fraction of sp³-hybridized carbons (Fsp3) is 0.703.